The molecule has 0 spiro atoms. The van der Waals surface area contributed by atoms with E-state index in [9.17, 15) is 0 Å². The molecule has 3 N–H and O–H groups in total. The van der Waals surface area contributed by atoms with Crippen molar-refractivity contribution in [2.45, 2.75) is 31.2 Å². The number of nitrogens with one attached hydrogen (secondary N) is 1. The molecule has 1 heterocycles. The Balaban J connectivity index is 2.27. The summed E-state index contributed by atoms with van der Waals surface area (Å²) in [6, 6.07) is 6.18. The molecular weight excluding hydrogens is 248 g/mol. The number of piperidine rings is 1. The fraction of sp³-hybridized carbons (Fsp3) is 0.571. The van der Waals surface area contributed by atoms with Gasteiger partial charge in [-0.1, -0.05) is 18.0 Å². The van der Waals surface area contributed by atoms with Gasteiger partial charge in [-0.15, -0.1) is 0 Å². The van der Waals surface area contributed by atoms with Crippen molar-refractivity contribution in [2.24, 2.45) is 5.73 Å². The van der Waals surface area contributed by atoms with Gasteiger partial charge in [-0.2, -0.15) is 0 Å². The molecule has 1 aromatic rings. The molecule has 0 bridgehead atoms. The van der Waals surface area contributed by atoms with E-state index in [1.54, 1.807) is 7.11 Å². The van der Waals surface area contributed by atoms with Crippen LogP contribution in [0.4, 0.5) is 0 Å². The number of benzene rings is 1. The SMILES string of the molecule is COc1ccc(Cl)cc1C(CN)C1CCCCN1. The lowest BCUT2D eigenvalue weighted by Crippen LogP contribution is -2.41. The lowest BCUT2D eigenvalue weighted by molar-refractivity contribution is 0.341. The predicted molar refractivity (Wildman–Crippen MR) is 75.4 cm³/mol. The molecule has 2 unspecified atom stereocenters. The van der Waals surface area contributed by atoms with Gasteiger partial charge >= 0.3 is 0 Å². The molecule has 1 aliphatic rings. The van der Waals surface area contributed by atoms with Gasteiger partial charge in [-0.05, 0) is 37.6 Å². The highest BCUT2D eigenvalue weighted by atomic mass is 35.5. The Morgan fingerprint density at radius 1 is 1.50 bits per heavy atom. The molecule has 1 aliphatic heterocycles. The number of nitrogens with two attached hydrogens (primary N) is 1. The molecule has 0 radical (unpaired) electrons. The van der Waals surface area contributed by atoms with Crippen molar-refractivity contribution in [3.8, 4) is 5.75 Å². The van der Waals surface area contributed by atoms with E-state index < -0.39 is 0 Å². The molecule has 4 heteroatoms. The van der Waals surface area contributed by atoms with E-state index in [-0.39, 0.29) is 5.92 Å². The smallest absolute Gasteiger partial charge is 0.122 e. The van der Waals surface area contributed by atoms with Gasteiger partial charge in [0.1, 0.15) is 5.75 Å². The molecule has 1 aromatic carbocycles. The molecular formula is C14H21ClN2O. The van der Waals surface area contributed by atoms with Crippen LogP contribution in [-0.2, 0) is 0 Å². The van der Waals surface area contributed by atoms with Gasteiger partial charge in [0.2, 0.25) is 0 Å². The zero-order valence-electron chi connectivity index (χ0n) is 10.8. The summed E-state index contributed by atoms with van der Waals surface area (Å²) < 4.78 is 5.43. The van der Waals surface area contributed by atoms with E-state index in [1.165, 1.54) is 12.8 Å². The Morgan fingerprint density at radius 2 is 2.33 bits per heavy atom. The molecule has 2 rings (SSSR count). The minimum absolute atomic E-state index is 0.263. The first-order chi connectivity index (χ1) is 8.76. The summed E-state index contributed by atoms with van der Waals surface area (Å²) in [6.07, 6.45) is 3.68. The summed E-state index contributed by atoms with van der Waals surface area (Å²) >= 11 is 6.10. The van der Waals surface area contributed by atoms with Gasteiger partial charge in [0.15, 0.2) is 0 Å². The molecule has 1 fully saturated rings. The maximum atomic E-state index is 6.10. The second kappa shape index (κ2) is 6.41. The fourth-order valence-corrected chi connectivity index (χ4v) is 2.91. The van der Waals surface area contributed by atoms with Gasteiger partial charge in [0.05, 0.1) is 7.11 Å². The van der Waals surface area contributed by atoms with Crippen LogP contribution in [0.1, 0.15) is 30.7 Å². The standard InChI is InChI=1S/C14H21ClN2O/c1-18-14-6-5-10(15)8-11(14)12(9-16)13-4-2-3-7-17-13/h5-6,8,12-13,17H,2-4,7,9,16H2,1H3. The number of hydrogen-bond acceptors (Lipinski definition) is 3. The summed E-state index contributed by atoms with van der Waals surface area (Å²) in [5.41, 5.74) is 7.09. The molecule has 0 amide bonds. The Labute approximate surface area is 114 Å². The van der Waals surface area contributed by atoms with Crippen LogP contribution in [0.15, 0.2) is 18.2 Å². The van der Waals surface area contributed by atoms with Gasteiger partial charge in [-0.3, -0.25) is 0 Å². The van der Waals surface area contributed by atoms with Gasteiger partial charge < -0.3 is 15.8 Å². The van der Waals surface area contributed by atoms with Crippen LogP contribution >= 0.6 is 11.6 Å². The maximum absolute atomic E-state index is 6.10. The van der Waals surface area contributed by atoms with Crippen LogP contribution in [0, 0.1) is 0 Å². The predicted octanol–water partition coefficient (Wildman–Crippen LogP) is 2.53. The Bertz CT molecular complexity index is 391. The Hall–Kier alpha value is -0.770. The number of hydrogen-bond donors (Lipinski definition) is 2. The lowest BCUT2D eigenvalue weighted by Gasteiger charge is -2.31. The summed E-state index contributed by atoms with van der Waals surface area (Å²) in [5.74, 6) is 1.14. The molecule has 18 heavy (non-hydrogen) atoms. The number of ether oxygens (including phenoxy) is 1. The van der Waals surface area contributed by atoms with Crippen molar-refractivity contribution >= 4 is 11.6 Å². The molecule has 1 saturated heterocycles. The summed E-state index contributed by atoms with van der Waals surface area (Å²) in [7, 11) is 1.69. The van der Waals surface area contributed by atoms with Crippen LogP contribution in [0.5, 0.6) is 5.75 Å². The average Bonchev–Trinajstić information content (AvgIpc) is 2.41. The van der Waals surface area contributed by atoms with Crippen LogP contribution in [0.25, 0.3) is 0 Å². The second-order valence-corrected chi connectivity index (χ2v) is 5.22. The third-order valence-corrected chi connectivity index (χ3v) is 3.91. The zero-order chi connectivity index (χ0) is 13.0. The zero-order valence-corrected chi connectivity index (χ0v) is 11.5. The van der Waals surface area contributed by atoms with Crippen molar-refractivity contribution in [1.29, 1.82) is 0 Å². The summed E-state index contributed by atoms with van der Waals surface area (Å²) in [5, 5.41) is 4.30. The van der Waals surface area contributed by atoms with Gasteiger partial charge in [-0.25, -0.2) is 0 Å². The molecule has 2 atom stereocenters. The number of halogens is 1. The van der Waals surface area contributed by atoms with Crippen LogP contribution in [0.2, 0.25) is 5.02 Å². The fourth-order valence-electron chi connectivity index (χ4n) is 2.73. The van der Waals surface area contributed by atoms with E-state index in [4.69, 9.17) is 22.1 Å². The van der Waals surface area contributed by atoms with Gasteiger partial charge in [0.25, 0.3) is 0 Å². The van der Waals surface area contributed by atoms with E-state index in [0.29, 0.717) is 12.6 Å². The first kappa shape index (κ1) is 13.7. The van der Waals surface area contributed by atoms with E-state index in [2.05, 4.69) is 5.32 Å². The first-order valence-electron chi connectivity index (χ1n) is 6.53. The van der Waals surface area contributed by atoms with Crippen LogP contribution < -0.4 is 15.8 Å². The van der Waals surface area contributed by atoms with Crippen molar-refractivity contribution in [3.63, 3.8) is 0 Å². The summed E-state index contributed by atoms with van der Waals surface area (Å²) in [6.45, 7) is 1.68. The molecule has 3 nitrogen and oxygen atoms in total. The van der Waals surface area contributed by atoms with Crippen molar-refractivity contribution in [2.75, 3.05) is 20.2 Å². The first-order valence-corrected chi connectivity index (χ1v) is 6.91. The second-order valence-electron chi connectivity index (χ2n) is 4.78. The maximum Gasteiger partial charge on any atom is 0.122 e. The third-order valence-electron chi connectivity index (χ3n) is 3.68. The molecule has 100 valence electrons. The molecule has 0 aromatic heterocycles. The molecule has 0 aliphatic carbocycles. The summed E-state index contributed by atoms with van der Waals surface area (Å²) in [4.78, 5) is 0. The number of rotatable bonds is 4. The highest BCUT2D eigenvalue weighted by molar-refractivity contribution is 6.30. The van der Waals surface area contributed by atoms with Crippen LogP contribution in [0.3, 0.4) is 0 Å². The Morgan fingerprint density at radius 3 is 2.94 bits per heavy atom. The van der Waals surface area contributed by atoms with E-state index in [1.807, 2.05) is 18.2 Å². The normalized spacial score (nSPS) is 21.6. The minimum Gasteiger partial charge on any atom is -0.496 e. The van der Waals surface area contributed by atoms with Crippen molar-refractivity contribution < 1.29 is 4.74 Å². The highest BCUT2D eigenvalue weighted by Gasteiger charge is 2.26. The van der Waals surface area contributed by atoms with E-state index >= 15 is 0 Å². The topological polar surface area (TPSA) is 47.3 Å². The number of methoxy groups -OCH3 is 1. The van der Waals surface area contributed by atoms with E-state index in [0.717, 1.165) is 29.3 Å². The van der Waals surface area contributed by atoms with Crippen molar-refractivity contribution in [3.05, 3.63) is 28.8 Å². The molecule has 0 saturated carbocycles. The quantitative estimate of drug-likeness (QED) is 0.882. The highest BCUT2D eigenvalue weighted by Crippen LogP contribution is 2.33. The van der Waals surface area contributed by atoms with Crippen LogP contribution in [-0.4, -0.2) is 26.2 Å². The monoisotopic (exact) mass is 268 g/mol. The lowest BCUT2D eigenvalue weighted by atomic mass is 9.86. The largest absolute Gasteiger partial charge is 0.496 e. The average molecular weight is 269 g/mol. The minimum atomic E-state index is 0.263. The van der Waals surface area contributed by atoms with Gasteiger partial charge in [0, 0.05) is 29.1 Å². The Kier molecular flexibility index (Phi) is 4.87. The van der Waals surface area contributed by atoms with Crippen molar-refractivity contribution in [1.82, 2.24) is 5.32 Å². The third kappa shape index (κ3) is 2.97.